The molecular formula is C21H24BrClN2O4. The molecule has 1 fully saturated rings. The van der Waals surface area contributed by atoms with E-state index >= 15 is 0 Å². The zero-order valence-electron chi connectivity index (χ0n) is 16.5. The van der Waals surface area contributed by atoms with Crippen molar-refractivity contribution < 1.29 is 19.0 Å². The molecule has 0 aliphatic carbocycles. The minimum atomic E-state index is -0.321. The summed E-state index contributed by atoms with van der Waals surface area (Å²) < 4.78 is 17.9. The third-order valence-electron chi connectivity index (χ3n) is 4.43. The highest BCUT2D eigenvalue weighted by Crippen LogP contribution is 2.39. The van der Waals surface area contributed by atoms with Crippen molar-refractivity contribution in [3.8, 4) is 11.5 Å². The molecule has 8 heteroatoms. The fraction of sp³-hybridized carbons (Fsp3) is 0.381. The van der Waals surface area contributed by atoms with Crippen LogP contribution in [0.15, 0.2) is 34.8 Å². The minimum Gasteiger partial charge on any atom is -0.492 e. The predicted octanol–water partition coefficient (Wildman–Crippen LogP) is 4.99. The van der Waals surface area contributed by atoms with Crippen LogP contribution in [-0.4, -0.2) is 45.4 Å². The second kappa shape index (κ2) is 10.2. The van der Waals surface area contributed by atoms with E-state index in [-0.39, 0.29) is 5.91 Å². The van der Waals surface area contributed by atoms with E-state index in [2.05, 4.69) is 26.1 Å². The van der Waals surface area contributed by atoms with Crippen LogP contribution in [0.5, 0.6) is 11.5 Å². The van der Waals surface area contributed by atoms with Crippen LogP contribution in [-0.2, 0) is 4.74 Å². The lowest BCUT2D eigenvalue weighted by Crippen LogP contribution is -2.36. The normalized spacial score (nSPS) is 13.9. The lowest BCUT2D eigenvalue weighted by Gasteiger charge is -2.31. The first-order valence-electron chi connectivity index (χ1n) is 9.56. The number of carbonyl (C=O) groups is 1. The van der Waals surface area contributed by atoms with E-state index in [0.29, 0.717) is 54.2 Å². The van der Waals surface area contributed by atoms with Gasteiger partial charge >= 0.3 is 0 Å². The molecule has 0 unspecified atom stereocenters. The molecule has 0 spiro atoms. The molecular weight excluding hydrogens is 460 g/mol. The Bertz CT molecular complexity index is 872. The van der Waals surface area contributed by atoms with Gasteiger partial charge in [-0.3, -0.25) is 4.79 Å². The molecule has 6 nitrogen and oxygen atoms in total. The molecule has 1 saturated heterocycles. The molecule has 3 rings (SSSR count). The Morgan fingerprint density at radius 2 is 1.83 bits per heavy atom. The molecule has 2 aromatic rings. The number of benzene rings is 2. The molecule has 1 aliphatic heterocycles. The van der Waals surface area contributed by atoms with Crippen molar-refractivity contribution in [1.82, 2.24) is 0 Å². The van der Waals surface area contributed by atoms with Crippen molar-refractivity contribution in [2.45, 2.75) is 13.8 Å². The number of hydrogen-bond acceptors (Lipinski definition) is 5. The van der Waals surface area contributed by atoms with Crippen LogP contribution in [0.2, 0.25) is 5.02 Å². The van der Waals surface area contributed by atoms with Gasteiger partial charge in [0.1, 0.15) is 11.5 Å². The quantitative estimate of drug-likeness (QED) is 0.601. The Hall–Kier alpha value is -1.96. The molecule has 1 amide bonds. The Kier molecular flexibility index (Phi) is 7.64. The van der Waals surface area contributed by atoms with Gasteiger partial charge in [-0.1, -0.05) is 27.5 Å². The van der Waals surface area contributed by atoms with Crippen molar-refractivity contribution in [3.05, 3.63) is 45.4 Å². The van der Waals surface area contributed by atoms with Gasteiger partial charge in [0.2, 0.25) is 0 Å². The topological polar surface area (TPSA) is 60.0 Å². The van der Waals surface area contributed by atoms with E-state index in [1.165, 1.54) is 0 Å². The summed E-state index contributed by atoms with van der Waals surface area (Å²) in [6.07, 6.45) is 0. The van der Waals surface area contributed by atoms with Gasteiger partial charge in [-0.15, -0.1) is 0 Å². The van der Waals surface area contributed by atoms with Gasteiger partial charge in [0.15, 0.2) is 0 Å². The highest BCUT2D eigenvalue weighted by Gasteiger charge is 2.21. The molecule has 2 aromatic carbocycles. The van der Waals surface area contributed by atoms with Crippen LogP contribution in [0, 0.1) is 0 Å². The fourth-order valence-corrected chi connectivity index (χ4v) is 3.67. The standard InChI is InChI=1S/C21H24BrClN2O4/c1-3-28-19-13-18(25-7-9-27-10-8-25)20(29-4-2)12-17(19)24-21(26)15-11-14(22)5-6-16(15)23/h5-6,11-13H,3-4,7-10H2,1-2H3,(H,24,26). The first-order chi connectivity index (χ1) is 14.0. The highest BCUT2D eigenvalue weighted by atomic mass is 79.9. The number of morpholine rings is 1. The largest absolute Gasteiger partial charge is 0.492 e. The third-order valence-corrected chi connectivity index (χ3v) is 5.26. The summed E-state index contributed by atoms with van der Waals surface area (Å²) >= 11 is 9.59. The first kappa shape index (κ1) is 21.7. The maximum atomic E-state index is 12.9. The van der Waals surface area contributed by atoms with Gasteiger partial charge in [0.05, 0.1) is 48.4 Å². The molecule has 0 saturated carbocycles. The Morgan fingerprint density at radius 1 is 1.14 bits per heavy atom. The van der Waals surface area contributed by atoms with Gasteiger partial charge < -0.3 is 24.4 Å². The smallest absolute Gasteiger partial charge is 0.257 e. The zero-order valence-corrected chi connectivity index (χ0v) is 18.8. The Morgan fingerprint density at radius 3 is 2.52 bits per heavy atom. The van der Waals surface area contributed by atoms with E-state index in [1.807, 2.05) is 26.0 Å². The number of anilines is 2. The highest BCUT2D eigenvalue weighted by molar-refractivity contribution is 9.10. The van der Waals surface area contributed by atoms with Crippen LogP contribution in [0.1, 0.15) is 24.2 Å². The number of ether oxygens (including phenoxy) is 3. The number of rotatable bonds is 7. The molecule has 29 heavy (non-hydrogen) atoms. The third kappa shape index (κ3) is 5.35. The summed E-state index contributed by atoms with van der Waals surface area (Å²) in [6, 6.07) is 8.87. The second-order valence-corrected chi connectivity index (χ2v) is 7.68. The minimum absolute atomic E-state index is 0.321. The van der Waals surface area contributed by atoms with Crippen LogP contribution in [0.3, 0.4) is 0 Å². The maximum absolute atomic E-state index is 12.9. The van der Waals surface area contributed by atoms with Crippen molar-refractivity contribution in [1.29, 1.82) is 0 Å². The van der Waals surface area contributed by atoms with Gasteiger partial charge in [-0.25, -0.2) is 0 Å². The van der Waals surface area contributed by atoms with Crippen molar-refractivity contribution >= 4 is 44.8 Å². The van der Waals surface area contributed by atoms with Crippen molar-refractivity contribution in [2.75, 3.05) is 49.7 Å². The number of carbonyl (C=O) groups excluding carboxylic acids is 1. The van der Waals surface area contributed by atoms with E-state index in [0.717, 1.165) is 23.2 Å². The number of nitrogens with one attached hydrogen (secondary N) is 1. The molecule has 0 aromatic heterocycles. The Labute approximate surface area is 184 Å². The molecule has 0 radical (unpaired) electrons. The van der Waals surface area contributed by atoms with E-state index in [9.17, 15) is 4.79 Å². The summed E-state index contributed by atoms with van der Waals surface area (Å²) in [6.45, 7) is 7.68. The van der Waals surface area contributed by atoms with Gasteiger partial charge in [-0.05, 0) is 32.0 Å². The first-order valence-corrected chi connectivity index (χ1v) is 10.7. The lowest BCUT2D eigenvalue weighted by atomic mass is 10.1. The number of nitrogens with zero attached hydrogens (tertiary/aromatic N) is 1. The van der Waals surface area contributed by atoms with Crippen LogP contribution in [0.25, 0.3) is 0 Å². The monoisotopic (exact) mass is 482 g/mol. The van der Waals surface area contributed by atoms with Crippen LogP contribution < -0.4 is 19.7 Å². The summed E-state index contributed by atoms with van der Waals surface area (Å²) in [7, 11) is 0. The second-order valence-electron chi connectivity index (χ2n) is 6.36. The molecule has 156 valence electrons. The van der Waals surface area contributed by atoms with Crippen molar-refractivity contribution in [3.63, 3.8) is 0 Å². The molecule has 0 bridgehead atoms. The van der Waals surface area contributed by atoms with Crippen LogP contribution >= 0.6 is 27.5 Å². The average Bonchev–Trinajstić information content (AvgIpc) is 2.72. The van der Waals surface area contributed by atoms with E-state index < -0.39 is 0 Å². The van der Waals surface area contributed by atoms with Crippen molar-refractivity contribution in [2.24, 2.45) is 0 Å². The zero-order chi connectivity index (χ0) is 20.8. The number of amides is 1. The number of halogens is 2. The predicted molar refractivity (Wildman–Crippen MR) is 119 cm³/mol. The van der Waals surface area contributed by atoms with Gasteiger partial charge in [-0.2, -0.15) is 0 Å². The molecule has 0 atom stereocenters. The summed E-state index contributed by atoms with van der Waals surface area (Å²) in [5, 5.41) is 3.29. The fourth-order valence-electron chi connectivity index (χ4n) is 3.11. The number of hydrogen-bond donors (Lipinski definition) is 1. The molecule has 1 N–H and O–H groups in total. The molecule has 1 heterocycles. The van der Waals surface area contributed by atoms with Gasteiger partial charge in [0.25, 0.3) is 5.91 Å². The molecule has 1 aliphatic rings. The lowest BCUT2D eigenvalue weighted by molar-refractivity contribution is 0.102. The van der Waals surface area contributed by atoms with E-state index in [4.69, 9.17) is 25.8 Å². The Balaban J connectivity index is 1.96. The SMILES string of the molecule is CCOc1cc(N2CCOCC2)c(OCC)cc1NC(=O)c1cc(Br)ccc1Cl. The van der Waals surface area contributed by atoms with Gasteiger partial charge in [0, 0.05) is 29.7 Å². The van der Waals surface area contributed by atoms with Crippen LogP contribution in [0.4, 0.5) is 11.4 Å². The maximum Gasteiger partial charge on any atom is 0.257 e. The average molecular weight is 484 g/mol. The summed E-state index contributed by atoms with van der Waals surface area (Å²) in [4.78, 5) is 15.1. The van der Waals surface area contributed by atoms with E-state index in [1.54, 1.807) is 18.2 Å². The summed E-state index contributed by atoms with van der Waals surface area (Å²) in [5.41, 5.74) is 1.84. The summed E-state index contributed by atoms with van der Waals surface area (Å²) in [5.74, 6) is 0.948.